The van der Waals surface area contributed by atoms with Crippen molar-refractivity contribution in [3.05, 3.63) is 82.6 Å². The van der Waals surface area contributed by atoms with Crippen LogP contribution in [-0.4, -0.2) is 8.42 Å². The topological polar surface area (TPSA) is 58.2 Å². The van der Waals surface area contributed by atoms with Gasteiger partial charge in [0.05, 0.1) is 20.7 Å². The molecule has 0 saturated carbocycles. The number of hydrogen-bond acceptors (Lipinski definition) is 3. The molecule has 3 aromatic carbocycles. The van der Waals surface area contributed by atoms with Gasteiger partial charge in [0.1, 0.15) is 5.82 Å². The number of unbranched alkanes of at least 4 members (excludes halogenated alkanes) is 1. The Morgan fingerprint density at radius 2 is 1.66 bits per heavy atom. The molecule has 29 heavy (non-hydrogen) atoms. The van der Waals surface area contributed by atoms with Gasteiger partial charge >= 0.3 is 0 Å². The fourth-order valence-electron chi connectivity index (χ4n) is 2.82. The van der Waals surface area contributed by atoms with Gasteiger partial charge in [-0.05, 0) is 76.8 Å². The van der Waals surface area contributed by atoms with Crippen LogP contribution in [0.25, 0.3) is 0 Å². The van der Waals surface area contributed by atoms with Gasteiger partial charge in [0, 0.05) is 5.69 Å². The van der Waals surface area contributed by atoms with Crippen molar-refractivity contribution in [2.45, 2.75) is 31.1 Å². The summed E-state index contributed by atoms with van der Waals surface area (Å²) in [5, 5.41) is 3.24. The van der Waals surface area contributed by atoms with Gasteiger partial charge in [-0.25, -0.2) is 12.8 Å². The van der Waals surface area contributed by atoms with E-state index in [9.17, 15) is 12.8 Å². The first-order valence-electron chi connectivity index (χ1n) is 9.32. The zero-order chi connectivity index (χ0) is 20.9. The van der Waals surface area contributed by atoms with E-state index in [0.717, 1.165) is 31.0 Å². The fourth-order valence-corrected chi connectivity index (χ4v) is 4.16. The minimum atomic E-state index is -3.94. The minimum Gasteiger partial charge on any atom is -0.354 e. The highest BCUT2D eigenvalue weighted by atomic mass is 79.9. The van der Waals surface area contributed by atoms with Crippen molar-refractivity contribution in [3.8, 4) is 0 Å². The third-order valence-electron chi connectivity index (χ3n) is 4.42. The SMILES string of the molecule is CCCCc1ccc(Nc2ccccc2NS(=O)(=O)c2ccc(Br)c(F)c2)cc1. The molecule has 0 bridgehead atoms. The Morgan fingerprint density at radius 3 is 2.31 bits per heavy atom. The summed E-state index contributed by atoms with van der Waals surface area (Å²) < 4.78 is 41.9. The van der Waals surface area contributed by atoms with Crippen LogP contribution in [0.5, 0.6) is 0 Å². The second-order valence-electron chi connectivity index (χ2n) is 6.65. The van der Waals surface area contributed by atoms with Crippen LogP contribution in [-0.2, 0) is 16.4 Å². The summed E-state index contributed by atoms with van der Waals surface area (Å²) in [6.45, 7) is 2.16. The monoisotopic (exact) mass is 476 g/mol. The number of sulfonamides is 1. The molecule has 0 atom stereocenters. The summed E-state index contributed by atoms with van der Waals surface area (Å²) in [6, 6.07) is 18.8. The van der Waals surface area contributed by atoms with Crippen LogP contribution in [0.4, 0.5) is 21.5 Å². The number of aryl methyl sites for hydroxylation is 1. The molecule has 152 valence electrons. The van der Waals surface area contributed by atoms with Gasteiger partial charge in [0.2, 0.25) is 0 Å². The van der Waals surface area contributed by atoms with Gasteiger partial charge < -0.3 is 5.32 Å². The molecule has 2 N–H and O–H groups in total. The Hall–Kier alpha value is -2.38. The summed E-state index contributed by atoms with van der Waals surface area (Å²) in [7, 11) is -3.94. The molecule has 0 amide bonds. The zero-order valence-electron chi connectivity index (χ0n) is 16.0. The molecule has 0 radical (unpaired) electrons. The van der Waals surface area contributed by atoms with Crippen LogP contribution in [0, 0.1) is 5.82 Å². The smallest absolute Gasteiger partial charge is 0.262 e. The molecule has 0 aliphatic carbocycles. The van der Waals surface area contributed by atoms with Crippen molar-refractivity contribution in [3.63, 3.8) is 0 Å². The number of hydrogen-bond donors (Lipinski definition) is 2. The Kier molecular flexibility index (Phi) is 6.92. The highest BCUT2D eigenvalue weighted by Crippen LogP contribution is 2.28. The van der Waals surface area contributed by atoms with Gasteiger partial charge in [0.15, 0.2) is 0 Å². The molecule has 0 heterocycles. The van der Waals surface area contributed by atoms with Gasteiger partial charge in [0.25, 0.3) is 10.0 Å². The Morgan fingerprint density at radius 1 is 0.966 bits per heavy atom. The predicted octanol–water partition coefficient (Wildman–Crippen LogP) is 6.48. The first-order chi connectivity index (χ1) is 13.9. The van der Waals surface area contributed by atoms with E-state index in [4.69, 9.17) is 0 Å². The van der Waals surface area contributed by atoms with E-state index in [2.05, 4.69) is 45.0 Å². The van der Waals surface area contributed by atoms with E-state index < -0.39 is 15.8 Å². The van der Waals surface area contributed by atoms with Crippen molar-refractivity contribution < 1.29 is 12.8 Å². The van der Waals surface area contributed by atoms with Gasteiger partial charge in [-0.3, -0.25) is 4.72 Å². The van der Waals surface area contributed by atoms with E-state index in [1.807, 2.05) is 18.2 Å². The van der Waals surface area contributed by atoms with Crippen molar-refractivity contribution >= 4 is 43.0 Å². The lowest BCUT2D eigenvalue weighted by Gasteiger charge is -2.15. The van der Waals surface area contributed by atoms with Crippen LogP contribution < -0.4 is 10.0 Å². The maximum Gasteiger partial charge on any atom is 0.262 e. The molecule has 3 rings (SSSR count). The average Bonchev–Trinajstić information content (AvgIpc) is 2.70. The maximum absolute atomic E-state index is 13.8. The summed E-state index contributed by atoms with van der Waals surface area (Å²) in [5.74, 6) is -0.637. The Balaban J connectivity index is 1.80. The number of halogens is 2. The number of rotatable bonds is 8. The average molecular weight is 477 g/mol. The highest BCUT2D eigenvalue weighted by molar-refractivity contribution is 9.10. The van der Waals surface area contributed by atoms with E-state index in [1.165, 1.54) is 17.7 Å². The molecule has 0 fully saturated rings. The Bertz CT molecular complexity index is 1090. The lowest BCUT2D eigenvalue weighted by Crippen LogP contribution is -2.14. The van der Waals surface area contributed by atoms with Crippen molar-refractivity contribution in [2.24, 2.45) is 0 Å². The summed E-state index contributed by atoms with van der Waals surface area (Å²) in [4.78, 5) is -0.145. The first kappa shape index (κ1) is 21.3. The van der Waals surface area contributed by atoms with Crippen molar-refractivity contribution in [2.75, 3.05) is 10.0 Å². The fraction of sp³-hybridized carbons (Fsp3) is 0.182. The lowest BCUT2D eigenvalue weighted by atomic mass is 10.1. The van der Waals surface area contributed by atoms with E-state index in [1.54, 1.807) is 18.2 Å². The van der Waals surface area contributed by atoms with Crippen LogP contribution in [0.15, 0.2) is 76.1 Å². The first-order valence-corrected chi connectivity index (χ1v) is 11.6. The molecular formula is C22H22BrFN2O2S. The zero-order valence-corrected chi connectivity index (χ0v) is 18.4. The number of para-hydroxylation sites is 2. The molecule has 0 unspecified atom stereocenters. The molecule has 0 saturated heterocycles. The molecular weight excluding hydrogens is 455 g/mol. The summed E-state index contributed by atoms with van der Waals surface area (Å²) in [5.41, 5.74) is 3.11. The largest absolute Gasteiger partial charge is 0.354 e. The Labute approximate surface area is 179 Å². The second-order valence-corrected chi connectivity index (χ2v) is 9.19. The number of anilines is 3. The van der Waals surface area contributed by atoms with Crippen molar-refractivity contribution in [1.82, 2.24) is 0 Å². The molecule has 0 aliphatic rings. The lowest BCUT2D eigenvalue weighted by molar-refractivity contribution is 0.593. The third kappa shape index (κ3) is 5.58. The van der Waals surface area contributed by atoms with Gasteiger partial charge in [-0.1, -0.05) is 37.6 Å². The predicted molar refractivity (Wildman–Crippen MR) is 120 cm³/mol. The molecule has 0 aromatic heterocycles. The summed E-state index contributed by atoms with van der Waals surface area (Å²) in [6.07, 6.45) is 3.33. The van der Waals surface area contributed by atoms with E-state index in [0.29, 0.717) is 11.4 Å². The molecule has 4 nitrogen and oxygen atoms in total. The highest BCUT2D eigenvalue weighted by Gasteiger charge is 2.17. The number of benzene rings is 3. The van der Waals surface area contributed by atoms with Crippen LogP contribution in [0.3, 0.4) is 0 Å². The van der Waals surface area contributed by atoms with Crippen LogP contribution in [0.1, 0.15) is 25.3 Å². The minimum absolute atomic E-state index is 0.145. The third-order valence-corrected chi connectivity index (χ3v) is 6.43. The number of nitrogens with one attached hydrogen (secondary N) is 2. The van der Waals surface area contributed by atoms with Crippen LogP contribution >= 0.6 is 15.9 Å². The van der Waals surface area contributed by atoms with E-state index >= 15 is 0 Å². The van der Waals surface area contributed by atoms with Crippen LogP contribution in [0.2, 0.25) is 0 Å². The molecule has 0 spiro atoms. The van der Waals surface area contributed by atoms with Crippen molar-refractivity contribution in [1.29, 1.82) is 0 Å². The normalized spacial score (nSPS) is 11.3. The second kappa shape index (κ2) is 9.41. The van der Waals surface area contributed by atoms with Gasteiger partial charge in [-0.15, -0.1) is 0 Å². The van der Waals surface area contributed by atoms with Gasteiger partial charge in [-0.2, -0.15) is 0 Å². The maximum atomic E-state index is 13.8. The molecule has 0 aliphatic heterocycles. The molecule has 7 heteroatoms. The summed E-state index contributed by atoms with van der Waals surface area (Å²) >= 11 is 3.03. The standard InChI is InChI=1S/C22H22BrFN2O2S/c1-2-3-6-16-9-11-17(12-10-16)25-21-7-4-5-8-22(21)26-29(27,28)18-13-14-19(23)20(24)15-18/h4-5,7-15,25-26H,2-3,6H2,1H3. The quantitative estimate of drug-likeness (QED) is 0.391. The molecule has 3 aromatic rings. The van der Waals surface area contributed by atoms with E-state index in [-0.39, 0.29) is 9.37 Å².